The maximum atomic E-state index is 12.4. The van der Waals surface area contributed by atoms with Gasteiger partial charge in [0.05, 0.1) is 21.6 Å². The summed E-state index contributed by atoms with van der Waals surface area (Å²) in [7, 11) is 0. The molecule has 0 aliphatic rings. The number of primary amides is 1. The summed E-state index contributed by atoms with van der Waals surface area (Å²) in [5.41, 5.74) is 9.62. The van der Waals surface area contributed by atoms with E-state index < -0.39 is 5.91 Å². The van der Waals surface area contributed by atoms with Crippen LogP contribution in [0.2, 0.25) is 20.1 Å². The molecule has 2 amide bonds. The van der Waals surface area contributed by atoms with Crippen LogP contribution >= 0.6 is 69.1 Å². The average molecular weight is 762 g/mol. The van der Waals surface area contributed by atoms with Gasteiger partial charge in [-0.15, -0.1) is 22.7 Å². The van der Waals surface area contributed by atoms with Crippen LogP contribution in [-0.4, -0.2) is 21.8 Å². The lowest BCUT2D eigenvalue weighted by Gasteiger charge is -2.13. The molecule has 7 nitrogen and oxygen atoms in total. The van der Waals surface area contributed by atoms with Gasteiger partial charge in [-0.2, -0.15) is 5.26 Å². The maximum absolute atomic E-state index is 12.4. The third-order valence-electron chi connectivity index (χ3n) is 6.92. The van der Waals surface area contributed by atoms with E-state index in [-0.39, 0.29) is 11.6 Å². The van der Waals surface area contributed by atoms with E-state index in [0.29, 0.717) is 55.8 Å². The summed E-state index contributed by atoms with van der Waals surface area (Å²) in [4.78, 5) is 31.9. The van der Waals surface area contributed by atoms with Crippen molar-refractivity contribution in [1.29, 1.82) is 5.26 Å². The number of anilines is 1. The van der Waals surface area contributed by atoms with Crippen molar-refractivity contribution >= 4 is 86.6 Å². The van der Waals surface area contributed by atoms with E-state index in [0.717, 1.165) is 33.1 Å². The minimum absolute atomic E-state index is 0.271. The molecule has 5 rings (SSSR count). The predicted octanol–water partition coefficient (Wildman–Crippen LogP) is 10.8. The number of nitrogens with two attached hydrogens (primary N) is 1. The fourth-order valence-corrected chi connectivity index (χ4v) is 6.89. The molecular formula is C35H33Cl4N5O2S2. The number of nitriles is 1. The van der Waals surface area contributed by atoms with E-state index in [2.05, 4.69) is 29.1 Å². The highest BCUT2D eigenvalue weighted by Gasteiger charge is 2.16. The molecule has 1 atom stereocenters. The highest BCUT2D eigenvalue weighted by molar-refractivity contribution is 7.10. The fraction of sp³-hybridized carbons (Fsp3) is 0.229. The lowest BCUT2D eigenvalue weighted by Crippen LogP contribution is -2.12. The van der Waals surface area contributed by atoms with Gasteiger partial charge >= 0.3 is 0 Å². The first kappa shape index (κ1) is 39.0. The quantitative estimate of drug-likeness (QED) is 0.155. The Hall–Kier alpha value is -3.49. The zero-order valence-corrected chi connectivity index (χ0v) is 31.3. The van der Waals surface area contributed by atoms with Crippen LogP contribution in [0.5, 0.6) is 0 Å². The molecular weight excluding hydrogens is 728 g/mol. The Morgan fingerprint density at radius 3 is 1.83 bits per heavy atom. The van der Waals surface area contributed by atoms with E-state index in [1.165, 1.54) is 22.7 Å². The van der Waals surface area contributed by atoms with Gasteiger partial charge in [-0.3, -0.25) is 9.59 Å². The van der Waals surface area contributed by atoms with Gasteiger partial charge in [-0.05, 0) is 77.6 Å². The zero-order chi connectivity index (χ0) is 35.4. The molecule has 0 spiro atoms. The van der Waals surface area contributed by atoms with Gasteiger partial charge in [-0.25, -0.2) is 9.97 Å². The second-order valence-electron chi connectivity index (χ2n) is 10.1. The first-order valence-corrected chi connectivity index (χ1v) is 18.2. The number of carbonyl (C=O) groups is 2. The van der Waals surface area contributed by atoms with E-state index in [1.807, 2.05) is 32.0 Å². The molecule has 250 valence electrons. The molecule has 0 fully saturated rings. The van der Waals surface area contributed by atoms with E-state index >= 15 is 0 Å². The summed E-state index contributed by atoms with van der Waals surface area (Å²) >= 11 is 27.8. The number of halogens is 4. The number of nitrogens with zero attached hydrogens (tertiary/aromatic N) is 3. The average Bonchev–Trinajstić information content (AvgIpc) is 3.76. The van der Waals surface area contributed by atoms with E-state index in [4.69, 9.17) is 57.4 Å². The molecule has 3 N–H and O–H groups in total. The summed E-state index contributed by atoms with van der Waals surface area (Å²) in [5.74, 6) is -0.448. The molecule has 2 aromatic heterocycles. The number of hydrogen-bond acceptors (Lipinski definition) is 7. The van der Waals surface area contributed by atoms with Gasteiger partial charge in [-0.1, -0.05) is 80.2 Å². The van der Waals surface area contributed by atoms with Crippen molar-refractivity contribution in [1.82, 2.24) is 9.97 Å². The van der Waals surface area contributed by atoms with Crippen molar-refractivity contribution in [2.75, 3.05) is 5.32 Å². The minimum Gasteiger partial charge on any atom is -0.364 e. The van der Waals surface area contributed by atoms with Gasteiger partial charge in [0.15, 0.2) is 0 Å². The summed E-state index contributed by atoms with van der Waals surface area (Å²) in [6.45, 7) is 8.27. The monoisotopic (exact) mass is 759 g/mol. The SMILES string of the molecule is CC.CCC(C)c1cc(Cl)c(Cc2nc(C(=O)Nc3ccc(C#N)cc3)cs2)c(Cl)c1.NC(=O)c1csc(Cc2c(Cl)cccc2Cl)n1. The third kappa shape index (κ3) is 10.8. The largest absolute Gasteiger partial charge is 0.364 e. The number of nitrogens with one attached hydrogen (secondary N) is 1. The highest BCUT2D eigenvalue weighted by Crippen LogP contribution is 2.33. The Labute approximate surface area is 308 Å². The molecule has 0 bridgehead atoms. The normalized spacial score (nSPS) is 10.9. The Morgan fingerprint density at radius 2 is 1.35 bits per heavy atom. The van der Waals surface area contributed by atoms with Crippen LogP contribution in [-0.2, 0) is 12.8 Å². The lowest BCUT2D eigenvalue weighted by atomic mass is 9.97. The Bertz CT molecular complexity index is 1860. The van der Waals surface area contributed by atoms with E-state index in [9.17, 15) is 9.59 Å². The van der Waals surface area contributed by atoms with Gasteiger partial charge < -0.3 is 11.1 Å². The molecule has 0 saturated heterocycles. The second kappa shape index (κ2) is 18.9. The molecule has 3 aromatic carbocycles. The number of rotatable bonds is 9. The molecule has 13 heteroatoms. The smallest absolute Gasteiger partial charge is 0.275 e. The first-order valence-electron chi connectivity index (χ1n) is 14.9. The number of thiazole rings is 2. The molecule has 5 aromatic rings. The number of benzene rings is 3. The molecule has 2 heterocycles. The molecule has 0 aliphatic carbocycles. The van der Waals surface area contributed by atoms with Crippen LogP contribution < -0.4 is 11.1 Å². The Morgan fingerprint density at radius 1 is 0.854 bits per heavy atom. The topological polar surface area (TPSA) is 122 Å². The van der Waals surface area contributed by atoms with Crippen molar-refractivity contribution < 1.29 is 9.59 Å². The van der Waals surface area contributed by atoms with Gasteiger partial charge in [0.2, 0.25) is 0 Å². The number of carbonyl (C=O) groups excluding carboxylic acids is 2. The number of aromatic nitrogens is 2. The number of hydrogen-bond donors (Lipinski definition) is 2. The number of amides is 2. The summed E-state index contributed by atoms with van der Waals surface area (Å²) in [6, 6.07) is 17.9. The van der Waals surface area contributed by atoms with Gasteiger partial charge in [0, 0.05) is 49.4 Å². The van der Waals surface area contributed by atoms with Crippen LogP contribution in [0, 0.1) is 11.3 Å². The summed E-state index contributed by atoms with van der Waals surface area (Å²) < 4.78 is 0. The van der Waals surface area contributed by atoms with Crippen molar-refractivity contribution in [3.8, 4) is 6.07 Å². The molecule has 0 radical (unpaired) electrons. The van der Waals surface area contributed by atoms with Gasteiger partial charge in [0.25, 0.3) is 11.8 Å². The summed E-state index contributed by atoms with van der Waals surface area (Å²) in [6.07, 6.45) is 1.97. The van der Waals surface area contributed by atoms with Crippen LogP contribution in [0.25, 0.3) is 0 Å². The molecule has 0 saturated carbocycles. The minimum atomic E-state index is -0.530. The van der Waals surface area contributed by atoms with Crippen molar-refractivity contribution in [3.05, 3.63) is 129 Å². The Balaban J connectivity index is 0.000000279. The van der Waals surface area contributed by atoms with Crippen LogP contribution in [0.1, 0.15) is 93.3 Å². The Kier molecular flexibility index (Phi) is 15.3. The maximum Gasteiger partial charge on any atom is 0.275 e. The van der Waals surface area contributed by atoms with Crippen molar-refractivity contribution in [2.45, 2.75) is 52.9 Å². The third-order valence-corrected chi connectivity index (χ3v) is 10.0. The van der Waals surface area contributed by atoms with Crippen molar-refractivity contribution in [2.24, 2.45) is 5.73 Å². The van der Waals surface area contributed by atoms with E-state index in [1.54, 1.807) is 53.2 Å². The van der Waals surface area contributed by atoms with Crippen LogP contribution in [0.3, 0.4) is 0 Å². The molecule has 48 heavy (non-hydrogen) atoms. The van der Waals surface area contributed by atoms with Crippen LogP contribution in [0.15, 0.2) is 65.4 Å². The zero-order valence-electron chi connectivity index (χ0n) is 26.6. The molecule has 1 unspecified atom stereocenters. The highest BCUT2D eigenvalue weighted by atomic mass is 35.5. The molecule has 0 aliphatic heterocycles. The van der Waals surface area contributed by atoms with Crippen molar-refractivity contribution in [3.63, 3.8) is 0 Å². The van der Waals surface area contributed by atoms with Crippen LogP contribution in [0.4, 0.5) is 5.69 Å². The van der Waals surface area contributed by atoms with Gasteiger partial charge in [0.1, 0.15) is 11.4 Å². The lowest BCUT2D eigenvalue weighted by molar-refractivity contribution is 0.0993. The fourth-order valence-electron chi connectivity index (χ4n) is 4.14. The second-order valence-corrected chi connectivity index (χ2v) is 13.6. The predicted molar refractivity (Wildman–Crippen MR) is 200 cm³/mol. The first-order chi connectivity index (χ1) is 23.0. The standard InChI is InChI=1S/C22H19Cl2N3OS.C11H8Cl2N2OS.C2H6/c1-3-13(2)15-8-18(23)17(19(24)9-15)10-21-27-20(12-29-21)22(28)26-16-6-4-14(11-25)5-7-16;12-7-2-1-3-8(13)6(7)4-10-15-9(5-17-10)11(14)16;1-2/h4-9,12-13H,3,10H2,1-2H3,(H,26,28);1-3,5H,4H2,(H2,14,16);1-2H3. The summed E-state index contributed by atoms with van der Waals surface area (Å²) in [5, 5.41) is 18.9.